The zero-order valence-electron chi connectivity index (χ0n) is 23.4. The van der Waals surface area contributed by atoms with Gasteiger partial charge in [0.25, 0.3) is 0 Å². The highest BCUT2D eigenvalue weighted by molar-refractivity contribution is 6.30. The average molecular weight is 548 g/mol. The summed E-state index contributed by atoms with van der Waals surface area (Å²) < 4.78 is 26.7. The van der Waals surface area contributed by atoms with Crippen LogP contribution in [0.3, 0.4) is 0 Å². The van der Waals surface area contributed by atoms with E-state index in [1.807, 2.05) is 19.1 Å². The molecular weight excluding hydrogens is 504 g/mol. The molecule has 1 saturated carbocycles. The third-order valence-corrected chi connectivity index (χ3v) is 6.78. The second-order valence-electron chi connectivity index (χ2n) is 10.1. The van der Waals surface area contributed by atoms with E-state index in [-0.39, 0.29) is 11.7 Å². The van der Waals surface area contributed by atoms with Crippen LogP contribution in [0.5, 0.6) is 0 Å². The summed E-state index contributed by atoms with van der Waals surface area (Å²) in [6.07, 6.45) is 12.0. The highest BCUT2D eigenvalue weighted by atomic mass is 35.5. The van der Waals surface area contributed by atoms with E-state index in [4.69, 9.17) is 11.6 Å². The van der Waals surface area contributed by atoms with Crippen LogP contribution >= 0.6 is 11.6 Å². The summed E-state index contributed by atoms with van der Waals surface area (Å²) in [4.78, 5) is 24.5. The number of benzene rings is 2. The first-order valence-corrected chi connectivity index (χ1v) is 14.0. The Balaban J connectivity index is 0.000000419. The predicted molar refractivity (Wildman–Crippen MR) is 154 cm³/mol. The molecule has 3 nitrogen and oxygen atoms in total. The van der Waals surface area contributed by atoms with Crippen LogP contribution in [-0.4, -0.2) is 23.6 Å². The summed E-state index contributed by atoms with van der Waals surface area (Å²) in [5, 5.41) is 0.637. The van der Waals surface area contributed by atoms with Crippen LogP contribution in [0.25, 0.3) is 0 Å². The number of halogens is 3. The maximum absolute atomic E-state index is 13.5. The van der Waals surface area contributed by atoms with Crippen molar-refractivity contribution in [3.05, 3.63) is 82.9 Å². The van der Waals surface area contributed by atoms with E-state index in [9.17, 15) is 18.4 Å². The van der Waals surface area contributed by atoms with Crippen LogP contribution in [0.15, 0.2) is 55.1 Å². The first kappa shape index (κ1) is 33.5. The van der Waals surface area contributed by atoms with Gasteiger partial charge >= 0.3 is 0 Å². The SMILES string of the molecule is C=CCCC(C)=O.CC1CCCCC1.CCCC(C(=O)N(C)Cc1ccc(Cl)cc1)c1ccc(F)c(F)c1. The second kappa shape index (κ2) is 18.7. The van der Waals surface area contributed by atoms with Crippen LogP contribution < -0.4 is 0 Å². The Morgan fingerprint density at radius 3 is 2.16 bits per heavy atom. The van der Waals surface area contributed by atoms with Crippen LogP contribution in [-0.2, 0) is 16.1 Å². The van der Waals surface area contributed by atoms with Gasteiger partial charge in [0.1, 0.15) is 5.78 Å². The van der Waals surface area contributed by atoms with Crippen LogP contribution in [0.4, 0.5) is 8.78 Å². The van der Waals surface area contributed by atoms with Gasteiger partial charge in [0.15, 0.2) is 11.6 Å². The molecule has 6 heteroatoms. The largest absolute Gasteiger partial charge is 0.341 e. The lowest BCUT2D eigenvalue weighted by molar-refractivity contribution is -0.132. The standard InChI is InChI=1S/C19H20ClF2NO.C7H14.C6H10O/c1-3-4-16(14-7-10-17(21)18(22)11-14)19(24)23(2)12-13-5-8-15(20)9-6-13;1-7-5-3-2-4-6-7;1-3-4-5-6(2)7/h5-11,16H,3-4,12H2,1-2H3;7H,2-6H2,1H3;3H,1,4-5H2,2H3. The number of hydrogen-bond donors (Lipinski definition) is 0. The lowest BCUT2D eigenvalue weighted by atomic mass is 9.91. The molecule has 0 aliphatic heterocycles. The first-order valence-electron chi connectivity index (χ1n) is 13.6. The number of allylic oxidation sites excluding steroid dienone is 1. The van der Waals surface area contributed by atoms with Gasteiger partial charge in [0, 0.05) is 25.0 Å². The highest BCUT2D eigenvalue weighted by Gasteiger charge is 2.24. The molecule has 0 spiro atoms. The summed E-state index contributed by atoms with van der Waals surface area (Å²) >= 11 is 5.86. The molecule has 2 aromatic carbocycles. The first-order chi connectivity index (χ1) is 18.1. The van der Waals surface area contributed by atoms with Crippen molar-refractivity contribution in [2.75, 3.05) is 7.05 Å². The molecule has 3 rings (SSSR count). The van der Waals surface area contributed by atoms with Gasteiger partial charge < -0.3 is 9.69 Å². The Morgan fingerprint density at radius 2 is 1.71 bits per heavy atom. The molecule has 0 bridgehead atoms. The number of nitrogens with zero attached hydrogens (tertiary/aromatic N) is 1. The van der Waals surface area contributed by atoms with E-state index in [1.54, 1.807) is 37.1 Å². The number of ketones is 1. The maximum atomic E-state index is 13.5. The lowest BCUT2D eigenvalue weighted by Gasteiger charge is -2.24. The summed E-state index contributed by atoms with van der Waals surface area (Å²) in [6, 6.07) is 10.9. The van der Waals surface area contributed by atoms with Gasteiger partial charge in [-0.05, 0) is 61.1 Å². The molecule has 1 aliphatic carbocycles. The van der Waals surface area contributed by atoms with Crippen molar-refractivity contribution in [2.45, 2.75) is 91.0 Å². The van der Waals surface area contributed by atoms with E-state index in [1.165, 1.54) is 38.2 Å². The van der Waals surface area contributed by atoms with E-state index >= 15 is 0 Å². The highest BCUT2D eigenvalue weighted by Crippen LogP contribution is 2.26. The van der Waals surface area contributed by atoms with Crippen LogP contribution in [0.2, 0.25) is 5.02 Å². The number of carbonyl (C=O) groups is 2. The molecule has 1 unspecified atom stereocenters. The number of Topliss-reactive ketones (excluding diaryl/α,β-unsaturated/α-hetero) is 1. The molecule has 0 aromatic heterocycles. The molecule has 1 amide bonds. The van der Waals surface area contributed by atoms with Gasteiger partial charge in [-0.25, -0.2) is 8.78 Å². The fourth-order valence-electron chi connectivity index (χ4n) is 4.27. The van der Waals surface area contributed by atoms with Gasteiger partial charge in [0.05, 0.1) is 5.92 Å². The number of carbonyl (C=O) groups excluding carboxylic acids is 2. The van der Waals surface area contributed by atoms with E-state index in [2.05, 4.69) is 13.5 Å². The molecule has 1 atom stereocenters. The molecule has 0 N–H and O–H groups in total. The van der Waals surface area contributed by atoms with Gasteiger partial charge in [-0.15, -0.1) is 6.58 Å². The Labute approximate surface area is 233 Å². The number of rotatable bonds is 9. The van der Waals surface area contributed by atoms with E-state index < -0.39 is 17.6 Å². The summed E-state index contributed by atoms with van der Waals surface area (Å²) in [5.74, 6) is -1.16. The fraction of sp³-hybridized carbons (Fsp3) is 0.500. The van der Waals surface area contributed by atoms with E-state index in [0.29, 0.717) is 30.0 Å². The molecular formula is C32H44ClF2NO2. The second-order valence-corrected chi connectivity index (χ2v) is 10.5. The van der Waals surface area contributed by atoms with Gasteiger partial charge in [0.2, 0.25) is 5.91 Å². The monoisotopic (exact) mass is 547 g/mol. The Bertz CT molecular complexity index is 987. The molecule has 1 fully saturated rings. The minimum atomic E-state index is -0.929. The predicted octanol–water partition coefficient (Wildman–Crippen LogP) is 9.29. The number of hydrogen-bond acceptors (Lipinski definition) is 2. The quantitative estimate of drug-likeness (QED) is 0.293. The smallest absolute Gasteiger partial charge is 0.230 e. The maximum Gasteiger partial charge on any atom is 0.230 e. The summed E-state index contributed by atoms with van der Waals surface area (Å²) in [6.45, 7) is 9.82. The Kier molecular flexibility index (Phi) is 16.5. The number of likely N-dealkylation sites (N-methyl/N-ethyl adjacent to an activating group) is 1. The molecule has 1 aliphatic rings. The van der Waals surface area contributed by atoms with Crippen LogP contribution in [0, 0.1) is 17.6 Å². The van der Waals surface area contributed by atoms with Gasteiger partial charge in [-0.2, -0.15) is 0 Å². The third-order valence-electron chi connectivity index (χ3n) is 6.53. The summed E-state index contributed by atoms with van der Waals surface area (Å²) in [5.41, 5.74) is 1.46. The van der Waals surface area contributed by atoms with Gasteiger partial charge in [-0.3, -0.25) is 4.79 Å². The van der Waals surface area contributed by atoms with Crippen molar-refractivity contribution in [1.82, 2.24) is 4.90 Å². The molecule has 0 heterocycles. The van der Waals surface area contributed by atoms with Crippen molar-refractivity contribution < 1.29 is 18.4 Å². The molecule has 210 valence electrons. The average Bonchev–Trinajstić information content (AvgIpc) is 2.90. The molecule has 0 radical (unpaired) electrons. The van der Waals surface area contributed by atoms with Crippen molar-refractivity contribution in [3.63, 3.8) is 0 Å². The minimum absolute atomic E-state index is 0.113. The zero-order valence-corrected chi connectivity index (χ0v) is 24.2. The zero-order chi connectivity index (χ0) is 28.5. The van der Waals surface area contributed by atoms with Crippen LogP contribution in [0.1, 0.15) is 95.6 Å². The minimum Gasteiger partial charge on any atom is -0.341 e. The summed E-state index contributed by atoms with van der Waals surface area (Å²) in [7, 11) is 1.71. The Morgan fingerprint density at radius 1 is 1.08 bits per heavy atom. The van der Waals surface area contributed by atoms with Crippen molar-refractivity contribution >= 4 is 23.3 Å². The number of amides is 1. The lowest BCUT2D eigenvalue weighted by Crippen LogP contribution is -2.31. The third kappa shape index (κ3) is 13.3. The Hall–Kier alpha value is -2.53. The van der Waals surface area contributed by atoms with Crippen molar-refractivity contribution in [1.29, 1.82) is 0 Å². The van der Waals surface area contributed by atoms with Crippen molar-refractivity contribution in [2.24, 2.45) is 5.92 Å². The molecule has 2 aromatic rings. The molecule has 38 heavy (non-hydrogen) atoms. The molecule has 0 saturated heterocycles. The fourth-order valence-corrected chi connectivity index (χ4v) is 4.40. The van der Waals surface area contributed by atoms with Crippen molar-refractivity contribution in [3.8, 4) is 0 Å². The normalized spacial score (nSPS) is 13.8. The topological polar surface area (TPSA) is 37.4 Å². The van der Waals surface area contributed by atoms with Gasteiger partial charge in [-0.1, -0.05) is 88.2 Å². The van der Waals surface area contributed by atoms with E-state index in [0.717, 1.165) is 36.5 Å².